The highest BCUT2D eigenvalue weighted by Gasteiger charge is 2.33. The minimum atomic E-state index is -3.57. The van der Waals surface area contributed by atoms with Crippen molar-refractivity contribution in [3.05, 3.63) is 28.2 Å². The number of sulfonamides is 1. The van der Waals surface area contributed by atoms with E-state index >= 15 is 0 Å². The summed E-state index contributed by atoms with van der Waals surface area (Å²) in [6, 6.07) is 4.62. The minimum Gasteiger partial charge on any atom is -0.330 e. The van der Waals surface area contributed by atoms with Gasteiger partial charge in [0.15, 0.2) is 0 Å². The average molecular weight is 309 g/mol. The van der Waals surface area contributed by atoms with Crippen LogP contribution in [0.1, 0.15) is 6.42 Å². The zero-order valence-electron chi connectivity index (χ0n) is 9.64. The molecule has 1 aromatic carbocycles. The molecular weight excluding hydrogens is 295 g/mol. The molecule has 0 amide bonds. The molecule has 0 aromatic heterocycles. The fourth-order valence-corrected chi connectivity index (χ4v) is 4.30. The van der Waals surface area contributed by atoms with Crippen LogP contribution in [0.25, 0.3) is 0 Å². The van der Waals surface area contributed by atoms with Crippen LogP contribution in [0.2, 0.25) is 10.0 Å². The zero-order chi connectivity index (χ0) is 13.3. The summed E-state index contributed by atoms with van der Waals surface area (Å²) < 4.78 is 26.2. The number of halogens is 2. The van der Waals surface area contributed by atoms with E-state index in [2.05, 4.69) is 0 Å². The summed E-state index contributed by atoms with van der Waals surface area (Å²) >= 11 is 11.8. The highest BCUT2D eigenvalue weighted by Crippen LogP contribution is 2.32. The predicted octanol–water partition coefficient (Wildman–Crippen LogP) is 1.96. The van der Waals surface area contributed by atoms with E-state index in [1.807, 2.05) is 0 Å². The van der Waals surface area contributed by atoms with Gasteiger partial charge in [0, 0.05) is 13.1 Å². The van der Waals surface area contributed by atoms with Gasteiger partial charge in [0.25, 0.3) is 0 Å². The van der Waals surface area contributed by atoms with Crippen LogP contribution in [-0.2, 0) is 10.0 Å². The number of hydrogen-bond acceptors (Lipinski definition) is 3. The van der Waals surface area contributed by atoms with Crippen LogP contribution in [0.5, 0.6) is 0 Å². The molecule has 0 radical (unpaired) electrons. The highest BCUT2D eigenvalue weighted by molar-refractivity contribution is 7.89. The Balaban J connectivity index is 2.35. The van der Waals surface area contributed by atoms with Gasteiger partial charge in [0.05, 0.1) is 10.0 Å². The number of benzene rings is 1. The van der Waals surface area contributed by atoms with Crippen LogP contribution < -0.4 is 5.73 Å². The van der Waals surface area contributed by atoms with E-state index in [9.17, 15) is 8.42 Å². The summed E-state index contributed by atoms with van der Waals surface area (Å²) in [5.74, 6) is 0.220. The second kappa shape index (κ2) is 5.35. The van der Waals surface area contributed by atoms with Gasteiger partial charge in [-0.2, -0.15) is 4.31 Å². The van der Waals surface area contributed by atoms with E-state index in [4.69, 9.17) is 28.9 Å². The molecular formula is C11H14Cl2N2O2S. The molecule has 7 heteroatoms. The number of rotatable bonds is 3. The van der Waals surface area contributed by atoms with Crippen molar-refractivity contribution in [2.75, 3.05) is 19.6 Å². The lowest BCUT2D eigenvalue weighted by Gasteiger charge is -2.17. The van der Waals surface area contributed by atoms with Gasteiger partial charge in [-0.1, -0.05) is 29.3 Å². The normalized spacial score (nSPS) is 21.4. The van der Waals surface area contributed by atoms with E-state index in [0.717, 1.165) is 6.42 Å². The lowest BCUT2D eigenvalue weighted by atomic mass is 10.1. The molecule has 100 valence electrons. The smallest absolute Gasteiger partial charge is 0.244 e. The van der Waals surface area contributed by atoms with Crippen LogP contribution in [-0.4, -0.2) is 32.4 Å². The molecule has 18 heavy (non-hydrogen) atoms. The van der Waals surface area contributed by atoms with E-state index in [1.165, 1.54) is 10.4 Å². The Morgan fingerprint density at radius 1 is 1.39 bits per heavy atom. The largest absolute Gasteiger partial charge is 0.330 e. The van der Waals surface area contributed by atoms with Gasteiger partial charge in [0.1, 0.15) is 4.90 Å². The minimum absolute atomic E-state index is 0.0642. The summed E-state index contributed by atoms with van der Waals surface area (Å²) in [5, 5.41) is 0.322. The summed E-state index contributed by atoms with van der Waals surface area (Å²) in [6.07, 6.45) is 0.786. The monoisotopic (exact) mass is 308 g/mol. The third-order valence-corrected chi connectivity index (χ3v) is 5.95. The molecule has 2 rings (SSSR count). The first-order chi connectivity index (χ1) is 8.46. The summed E-state index contributed by atoms with van der Waals surface area (Å²) in [7, 11) is -3.57. The molecule has 0 bridgehead atoms. The maximum absolute atomic E-state index is 12.4. The lowest BCUT2D eigenvalue weighted by Crippen LogP contribution is -2.30. The van der Waals surface area contributed by atoms with E-state index < -0.39 is 10.0 Å². The molecule has 1 aromatic rings. The molecule has 0 spiro atoms. The highest BCUT2D eigenvalue weighted by atomic mass is 35.5. The molecule has 1 atom stereocenters. The first-order valence-corrected chi connectivity index (χ1v) is 7.80. The molecule has 1 aliphatic rings. The van der Waals surface area contributed by atoms with Gasteiger partial charge in [-0.3, -0.25) is 0 Å². The van der Waals surface area contributed by atoms with Crippen molar-refractivity contribution in [2.24, 2.45) is 11.7 Å². The Morgan fingerprint density at radius 3 is 2.72 bits per heavy atom. The van der Waals surface area contributed by atoms with Crippen LogP contribution in [0.4, 0.5) is 0 Å². The van der Waals surface area contributed by atoms with Crippen molar-refractivity contribution in [2.45, 2.75) is 11.3 Å². The molecule has 1 saturated heterocycles. The molecule has 0 aliphatic carbocycles. The molecule has 0 saturated carbocycles. The second-order valence-corrected chi connectivity index (χ2v) is 7.00. The van der Waals surface area contributed by atoms with Gasteiger partial charge in [0.2, 0.25) is 10.0 Å². The predicted molar refractivity (Wildman–Crippen MR) is 72.4 cm³/mol. The van der Waals surface area contributed by atoms with Crippen LogP contribution >= 0.6 is 23.2 Å². The Morgan fingerprint density at radius 2 is 2.11 bits per heavy atom. The van der Waals surface area contributed by atoms with Gasteiger partial charge in [-0.15, -0.1) is 0 Å². The Kier molecular flexibility index (Phi) is 4.18. The third-order valence-electron chi connectivity index (χ3n) is 3.12. The fourth-order valence-electron chi connectivity index (χ4n) is 2.03. The SMILES string of the molecule is NCC1CCN(S(=O)(=O)c2cccc(Cl)c2Cl)C1. The Labute approximate surface area is 117 Å². The summed E-state index contributed by atoms with van der Waals surface area (Å²) in [4.78, 5) is 0.0642. The van der Waals surface area contributed by atoms with Crippen molar-refractivity contribution in [3.63, 3.8) is 0 Å². The molecule has 1 unspecified atom stereocenters. The number of nitrogens with two attached hydrogens (primary N) is 1. The van der Waals surface area contributed by atoms with Crippen molar-refractivity contribution in [3.8, 4) is 0 Å². The first kappa shape index (κ1) is 14.1. The van der Waals surface area contributed by atoms with E-state index in [0.29, 0.717) is 19.6 Å². The number of nitrogens with zero attached hydrogens (tertiary/aromatic N) is 1. The summed E-state index contributed by atoms with van der Waals surface area (Å²) in [5.41, 5.74) is 5.56. The van der Waals surface area contributed by atoms with Crippen molar-refractivity contribution in [1.29, 1.82) is 0 Å². The van der Waals surface area contributed by atoms with Gasteiger partial charge in [-0.05, 0) is 31.0 Å². The molecule has 1 aliphatic heterocycles. The lowest BCUT2D eigenvalue weighted by molar-refractivity contribution is 0.459. The van der Waals surface area contributed by atoms with Gasteiger partial charge < -0.3 is 5.73 Å². The van der Waals surface area contributed by atoms with E-state index in [-0.39, 0.29) is 20.9 Å². The fraction of sp³-hybridized carbons (Fsp3) is 0.455. The topological polar surface area (TPSA) is 63.4 Å². The standard InChI is InChI=1S/C11H14Cl2N2O2S/c12-9-2-1-3-10(11(9)13)18(16,17)15-5-4-8(6-14)7-15/h1-3,8H,4-7,14H2. The third kappa shape index (κ3) is 2.51. The first-order valence-electron chi connectivity index (χ1n) is 5.61. The van der Waals surface area contributed by atoms with Crippen molar-refractivity contribution < 1.29 is 8.42 Å². The number of hydrogen-bond donors (Lipinski definition) is 1. The van der Waals surface area contributed by atoms with Gasteiger partial charge in [-0.25, -0.2) is 8.42 Å². The van der Waals surface area contributed by atoms with E-state index in [1.54, 1.807) is 12.1 Å². The zero-order valence-corrected chi connectivity index (χ0v) is 12.0. The Bertz CT molecular complexity index is 548. The Hall–Kier alpha value is -0.330. The van der Waals surface area contributed by atoms with Crippen LogP contribution in [0.15, 0.2) is 23.1 Å². The van der Waals surface area contributed by atoms with Crippen LogP contribution in [0, 0.1) is 5.92 Å². The van der Waals surface area contributed by atoms with Crippen molar-refractivity contribution >= 4 is 33.2 Å². The van der Waals surface area contributed by atoms with Gasteiger partial charge >= 0.3 is 0 Å². The molecule has 2 N–H and O–H groups in total. The average Bonchev–Trinajstić information content (AvgIpc) is 2.81. The maximum Gasteiger partial charge on any atom is 0.244 e. The quantitative estimate of drug-likeness (QED) is 0.928. The maximum atomic E-state index is 12.4. The second-order valence-electron chi connectivity index (χ2n) is 4.31. The molecule has 1 fully saturated rings. The molecule has 1 heterocycles. The van der Waals surface area contributed by atoms with Crippen molar-refractivity contribution in [1.82, 2.24) is 4.31 Å². The summed E-state index contributed by atoms with van der Waals surface area (Å²) in [6.45, 7) is 1.42. The molecule has 4 nitrogen and oxygen atoms in total. The van der Waals surface area contributed by atoms with Crippen LogP contribution in [0.3, 0.4) is 0 Å².